The number of benzene rings is 9. The maximum absolute atomic E-state index is 5.69. The van der Waals surface area contributed by atoms with Crippen LogP contribution in [0.3, 0.4) is 0 Å². The lowest BCUT2D eigenvalue weighted by Gasteiger charge is -2.16. The van der Waals surface area contributed by atoms with Gasteiger partial charge in [-0.15, -0.1) is 11.3 Å². The lowest BCUT2D eigenvalue weighted by Crippen LogP contribution is -2.04. The van der Waals surface area contributed by atoms with Crippen molar-refractivity contribution in [3.63, 3.8) is 0 Å². The topological polar surface area (TPSA) is 30.7 Å². The molecule has 3 nitrogen and oxygen atoms in total. The maximum Gasteiger partial charge on any atom is 0.235 e. The molecule has 0 unspecified atom stereocenters. The first-order chi connectivity index (χ1) is 25.8. The van der Waals surface area contributed by atoms with E-state index < -0.39 is 0 Å². The summed E-state index contributed by atoms with van der Waals surface area (Å²) in [6.45, 7) is 0. The molecule has 4 heteroatoms. The highest BCUT2D eigenvalue weighted by atomic mass is 32.1. The molecular weight excluding hydrogens is 651 g/mol. The number of nitrogens with zero attached hydrogens (tertiary/aromatic N) is 3. The third-order valence-electron chi connectivity index (χ3n) is 10.9. The molecule has 3 heterocycles. The molecule has 3 aromatic heterocycles. The van der Waals surface area contributed by atoms with Gasteiger partial charge < -0.3 is 0 Å². The predicted molar refractivity (Wildman–Crippen MR) is 222 cm³/mol. The van der Waals surface area contributed by atoms with Gasteiger partial charge in [0.1, 0.15) is 0 Å². The number of hydrogen-bond acceptors (Lipinski definition) is 3. The lowest BCUT2D eigenvalue weighted by molar-refractivity contribution is 1.02. The summed E-state index contributed by atoms with van der Waals surface area (Å²) in [6.07, 6.45) is 0. The van der Waals surface area contributed by atoms with E-state index in [4.69, 9.17) is 9.97 Å². The van der Waals surface area contributed by atoms with Crippen LogP contribution < -0.4 is 0 Å². The summed E-state index contributed by atoms with van der Waals surface area (Å²) in [5.74, 6) is 0.678. The van der Waals surface area contributed by atoms with Gasteiger partial charge >= 0.3 is 0 Å². The second-order valence-corrected chi connectivity index (χ2v) is 14.7. The van der Waals surface area contributed by atoms with Gasteiger partial charge in [0.2, 0.25) is 5.95 Å². The van der Waals surface area contributed by atoms with Crippen molar-refractivity contribution in [1.82, 2.24) is 14.5 Å². The second kappa shape index (κ2) is 10.5. The number of fused-ring (bicyclic) bond motifs is 18. The molecule has 240 valence electrons. The van der Waals surface area contributed by atoms with E-state index in [1.54, 1.807) is 0 Å². The van der Waals surface area contributed by atoms with Crippen LogP contribution in [0, 0.1) is 0 Å². The van der Waals surface area contributed by atoms with E-state index in [1.165, 1.54) is 63.3 Å². The summed E-state index contributed by atoms with van der Waals surface area (Å²) in [7, 11) is 0. The van der Waals surface area contributed by atoms with Crippen molar-refractivity contribution < 1.29 is 0 Å². The molecule has 0 N–H and O–H groups in total. The molecule has 12 rings (SSSR count). The average molecular weight is 678 g/mol. The molecule has 9 aromatic carbocycles. The minimum absolute atomic E-state index is 0.678. The Labute approximate surface area is 301 Å². The number of aromatic nitrogens is 3. The number of thiophene rings is 1. The summed E-state index contributed by atoms with van der Waals surface area (Å²) in [5.41, 5.74) is 5.25. The third-order valence-corrected chi connectivity index (χ3v) is 12.1. The van der Waals surface area contributed by atoms with Crippen molar-refractivity contribution in [2.24, 2.45) is 0 Å². The van der Waals surface area contributed by atoms with Crippen LogP contribution in [-0.4, -0.2) is 14.5 Å². The molecule has 52 heavy (non-hydrogen) atoms. The van der Waals surface area contributed by atoms with E-state index in [9.17, 15) is 0 Å². The van der Waals surface area contributed by atoms with Gasteiger partial charge in [-0.1, -0.05) is 158 Å². The van der Waals surface area contributed by atoms with Crippen LogP contribution in [0.5, 0.6) is 0 Å². The highest BCUT2D eigenvalue weighted by Gasteiger charge is 2.26. The van der Waals surface area contributed by atoms with Crippen LogP contribution in [0.4, 0.5) is 0 Å². The fourth-order valence-corrected chi connectivity index (χ4v) is 10.1. The van der Waals surface area contributed by atoms with Crippen molar-refractivity contribution >= 4 is 107 Å². The summed E-state index contributed by atoms with van der Waals surface area (Å²) < 4.78 is 4.93. The smallest absolute Gasteiger partial charge is 0.235 e. The Morgan fingerprint density at radius 3 is 1.73 bits per heavy atom. The molecular formula is C48H27N3S. The first-order valence-corrected chi connectivity index (χ1v) is 18.5. The highest BCUT2D eigenvalue weighted by Crippen LogP contribution is 2.49. The van der Waals surface area contributed by atoms with Crippen molar-refractivity contribution in [3.8, 4) is 17.2 Å². The van der Waals surface area contributed by atoms with Crippen LogP contribution in [0.25, 0.3) is 113 Å². The molecule has 0 amide bonds. The molecule has 0 bridgehead atoms. The summed E-state index contributed by atoms with van der Waals surface area (Å²) in [5, 5.41) is 15.7. The Morgan fingerprint density at radius 1 is 0.385 bits per heavy atom. The molecule has 0 spiro atoms. The minimum atomic E-state index is 0.678. The van der Waals surface area contributed by atoms with Gasteiger partial charge in [0.05, 0.1) is 26.9 Å². The number of hydrogen-bond donors (Lipinski definition) is 0. The molecule has 0 saturated carbocycles. The van der Waals surface area contributed by atoms with Crippen molar-refractivity contribution in [2.45, 2.75) is 0 Å². The molecule has 0 radical (unpaired) electrons. The van der Waals surface area contributed by atoms with Gasteiger partial charge in [-0.25, -0.2) is 9.97 Å². The molecule has 0 aliphatic heterocycles. The van der Waals surface area contributed by atoms with Gasteiger partial charge in [0.25, 0.3) is 0 Å². The summed E-state index contributed by atoms with van der Waals surface area (Å²) in [6, 6.07) is 59.1. The van der Waals surface area contributed by atoms with Gasteiger partial charge in [0.15, 0.2) is 0 Å². The SMILES string of the molecule is c1ccc(-c2nc(-n3c4c5ccccc5ccc4c4c5ccccc5c5c6ccccc6sc5c43)nc3c4ccccc4c4ccccc4c23)cc1. The Hall–Kier alpha value is -6.62. The number of rotatable bonds is 2. The molecule has 0 saturated heterocycles. The van der Waals surface area contributed by atoms with E-state index in [0.29, 0.717) is 5.95 Å². The zero-order valence-electron chi connectivity index (χ0n) is 27.8. The van der Waals surface area contributed by atoms with Crippen molar-refractivity contribution in [3.05, 3.63) is 164 Å². The fourth-order valence-electron chi connectivity index (χ4n) is 8.80. The molecule has 0 fully saturated rings. The normalized spacial score (nSPS) is 12.2. The van der Waals surface area contributed by atoms with Crippen LogP contribution >= 0.6 is 11.3 Å². The van der Waals surface area contributed by atoms with E-state index in [1.807, 2.05) is 11.3 Å². The van der Waals surface area contributed by atoms with Crippen LogP contribution in [0.2, 0.25) is 0 Å². The lowest BCUT2D eigenvalue weighted by atomic mass is 9.94. The summed E-state index contributed by atoms with van der Waals surface area (Å²) in [4.78, 5) is 11.4. The standard InChI is InChI=1S/C48H27N3S/c1-2-15-29(16-3-1)43-42-33-20-8-6-18-31(33)32-19-7-11-23-36(32)44(42)50-48(49-43)51-45-30-17-5-4-14-28(30)26-27-38(45)40-34-21-9-10-22-35(34)41-37-24-12-13-25-39(37)52-47(41)46(40)51/h1-27H. The first-order valence-electron chi connectivity index (χ1n) is 17.7. The van der Waals surface area contributed by atoms with Gasteiger partial charge in [-0.2, -0.15) is 0 Å². The fraction of sp³-hybridized carbons (Fsp3) is 0. The van der Waals surface area contributed by atoms with Crippen molar-refractivity contribution in [2.75, 3.05) is 0 Å². The van der Waals surface area contributed by atoms with Crippen LogP contribution in [-0.2, 0) is 0 Å². The third kappa shape index (κ3) is 3.69. The minimum Gasteiger partial charge on any atom is -0.276 e. The Kier molecular flexibility index (Phi) is 5.65. The Bertz CT molecular complexity index is 3470. The molecule has 0 atom stereocenters. The first kappa shape index (κ1) is 28.1. The van der Waals surface area contributed by atoms with Crippen LogP contribution in [0.15, 0.2) is 164 Å². The highest BCUT2D eigenvalue weighted by molar-refractivity contribution is 7.27. The van der Waals surface area contributed by atoms with Crippen molar-refractivity contribution in [1.29, 1.82) is 0 Å². The van der Waals surface area contributed by atoms with E-state index in [0.717, 1.165) is 44.0 Å². The average Bonchev–Trinajstić information content (AvgIpc) is 3.78. The zero-order chi connectivity index (χ0) is 33.9. The van der Waals surface area contributed by atoms with Gasteiger partial charge in [-0.05, 0) is 38.4 Å². The summed E-state index contributed by atoms with van der Waals surface area (Å²) >= 11 is 1.87. The molecule has 0 aliphatic carbocycles. The van der Waals surface area contributed by atoms with E-state index in [-0.39, 0.29) is 0 Å². The van der Waals surface area contributed by atoms with E-state index >= 15 is 0 Å². The maximum atomic E-state index is 5.69. The Morgan fingerprint density at radius 2 is 0.962 bits per heavy atom. The molecule has 0 aliphatic rings. The quantitative estimate of drug-likeness (QED) is 0.171. The van der Waals surface area contributed by atoms with Gasteiger partial charge in [-0.3, -0.25) is 4.57 Å². The predicted octanol–water partition coefficient (Wildman–Crippen LogP) is 13.4. The monoisotopic (exact) mass is 677 g/mol. The van der Waals surface area contributed by atoms with Gasteiger partial charge in [0, 0.05) is 48.0 Å². The van der Waals surface area contributed by atoms with E-state index in [2.05, 4.69) is 168 Å². The second-order valence-electron chi connectivity index (χ2n) is 13.6. The molecule has 12 aromatic rings. The Balaban J connectivity index is 1.39. The van der Waals surface area contributed by atoms with Crippen LogP contribution in [0.1, 0.15) is 0 Å². The zero-order valence-corrected chi connectivity index (χ0v) is 28.7. The largest absolute Gasteiger partial charge is 0.276 e.